The minimum Gasteiger partial charge on any atom is -0.392 e. The standard InChI is InChI=1S/C17H21NO3S/c1-22(20,21)13-17(16-5-3-2-4-6-16)18-11-14-7-9-15(12-19)10-8-14/h2-10,17-19H,11-13H2,1H3. The molecule has 1 unspecified atom stereocenters. The third-order valence-corrected chi connectivity index (χ3v) is 4.37. The molecule has 0 fully saturated rings. The van der Waals surface area contributed by atoms with Crippen molar-refractivity contribution in [1.82, 2.24) is 5.32 Å². The van der Waals surface area contributed by atoms with Crippen LogP contribution in [0.25, 0.3) is 0 Å². The molecule has 0 amide bonds. The van der Waals surface area contributed by atoms with E-state index in [1.165, 1.54) is 6.26 Å². The van der Waals surface area contributed by atoms with Crippen LogP contribution in [0.15, 0.2) is 54.6 Å². The zero-order valence-corrected chi connectivity index (χ0v) is 13.4. The zero-order chi connectivity index (χ0) is 16.0. The second-order valence-electron chi connectivity index (χ2n) is 5.41. The predicted molar refractivity (Wildman–Crippen MR) is 88.1 cm³/mol. The molecule has 0 aliphatic rings. The molecule has 1 atom stereocenters. The Bertz CT molecular complexity index is 682. The Kier molecular flexibility index (Phi) is 5.71. The van der Waals surface area contributed by atoms with Crippen molar-refractivity contribution in [1.29, 1.82) is 0 Å². The molecule has 2 N–H and O–H groups in total. The quantitative estimate of drug-likeness (QED) is 0.820. The number of hydrogen-bond acceptors (Lipinski definition) is 4. The van der Waals surface area contributed by atoms with Gasteiger partial charge < -0.3 is 10.4 Å². The van der Waals surface area contributed by atoms with Crippen LogP contribution in [0.2, 0.25) is 0 Å². The number of benzene rings is 2. The summed E-state index contributed by atoms with van der Waals surface area (Å²) in [6.45, 7) is 0.592. The maximum absolute atomic E-state index is 11.6. The first kappa shape index (κ1) is 16.7. The lowest BCUT2D eigenvalue weighted by molar-refractivity contribution is 0.282. The highest BCUT2D eigenvalue weighted by Gasteiger charge is 2.16. The molecule has 2 aromatic carbocycles. The normalized spacial score (nSPS) is 13.0. The lowest BCUT2D eigenvalue weighted by Crippen LogP contribution is -2.27. The summed E-state index contributed by atoms with van der Waals surface area (Å²) in [4.78, 5) is 0. The van der Waals surface area contributed by atoms with Crippen molar-refractivity contribution in [2.75, 3.05) is 12.0 Å². The van der Waals surface area contributed by atoms with Crippen LogP contribution in [0.1, 0.15) is 22.7 Å². The third-order valence-electron chi connectivity index (χ3n) is 3.43. The van der Waals surface area contributed by atoms with Gasteiger partial charge in [-0.3, -0.25) is 0 Å². The molecular weight excluding hydrogens is 298 g/mol. The van der Waals surface area contributed by atoms with Crippen molar-refractivity contribution in [3.05, 3.63) is 71.3 Å². The van der Waals surface area contributed by atoms with Crippen molar-refractivity contribution in [3.8, 4) is 0 Å². The fourth-order valence-corrected chi connectivity index (χ4v) is 3.18. The van der Waals surface area contributed by atoms with Crippen LogP contribution in [0, 0.1) is 0 Å². The van der Waals surface area contributed by atoms with Gasteiger partial charge in [0.05, 0.1) is 12.4 Å². The molecule has 0 heterocycles. The molecule has 0 spiro atoms. The minimum absolute atomic E-state index is 0.0222. The number of aliphatic hydroxyl groups excluding tert-OH is 1. The smallest absolute Gasteiger partial charge is 0.149 e. The summed E-state index contributed by atoms with van der Waals surface area (Å²) in [6, 6.07) is 16.9. The fourth-order valence-electron chi connectivity index (χ4n) is 2.26. The van der Waals surface area contributed by atoms with Gasteiger partial charge in [0.15, 0.2) is 0 Å². The summed E-state index contributed by atoms with van der Waals surface area (Å²) in [7, 11) is -3.08. The summed E-state index contributed by atoms with van der Waals surface area (Å²) in [5.41, 5.74) is 2.87. The van der Waals surface area contributed by atoms with E-state index in [0.717, 1.165) is 16.7 Å². The van der Waals surface area contributed by atoms with Gasteiger partial charge in [-0.25, -0.2) is 8.42 Å². The summed E-state index contributed by atoms with van der Waals surface area (Å²) in [5, 5.41) is 12.3. The second-order valence-corrected chi connectivity index (χ2v) is 7.60. The van der Waals surface area contributed by atoms with Gasteiger partial charge in [-0.05, 0) is 16.7 Å². The van der Waals surface area contributed by atoms with E-state index < -0.39 is 9.84 Å². The minimum atomic E-state index is -3.08. The Morgan fingerprint density at radius 1 is 1.00 bits per heavy atom. The van der Waals surface area contributed by atoms with Crippen LogP contribution in [-0.2, 0) is 23.0 Å². The van der Waals surface area contributed by atoms with Gasteiger partial charge in [0.2, 0.25) is 0 Å². The molecule has 0 aliphatic heterocycles. The van der Waals surface area contributed by atoms with Gasteiger partial charge in [0.1, 0.15) is 9.84 Å². The largest absolute Gasteiger partial charge is 0.392 e. The van der Waals surface area contributed by atoms with Gasteiger partial charge in [-0.1, -0.05) is 54.6 Å². The first-order valence-corrected chi connectivity index (χ1v) is 9.19. The van der Waals surface area contributed by atoms with Gasteiger partial charge in [0.25, 0.3) is 0 Å². The van der Waals surface area contributed by atoms with E-state index in [9.17, 15) is 8.42 Å². The lowest BCUT2D eigenvalue weighted by Gasteiger charge is -2.18. The van der Waals surface area contributed by atoms with Crippen LogP contribution in [-0.4, -0.2) is 25.5 Å². The molecule has 2 aromatic rings. The topological polar surface area (TPSA) is 66.4 Å². The molecule has 0 aliphatic carbocycles. The maximum Gasteiger partial charge on any atom is 0.149 e. The van der Waals surface area contributed by atoms with Gasteiger partial charge in [-0.2, -0.15) is 0 Å². The molecule has 0 radical (unpaired) electrons. The molecule has 22 heavy (non-hydrogen) atoms. The third kappa shape index (κ3) is 5.26. The first-order chi connectivity index (χ1) is 10.5. The second kappa shape index (κ2) is 7.54. The average Bonchev–Trinajstić information content (AvgIpc) is 2.52. The number of nitrogens with one attached hydrogen (secondary N) is 1. The van der Waals surface area contributed by atoms with E-state index >= 15 is 0 Å². The molecule has 2 rings (SSSR count). The molecule has 5 heteroatoms. The number of sulfone groups is 1. The van der Waals surface area contributed by atoms with E-state index in [2.05, 4.69) is 5.32 Å². The van der Waals surface area contributed by atoms with E-state index in [0.29, 0.717) is 6.54 Å². The summed E-state index contributed by atoms with van der Waals surface area (Å²) >= 11 is 0. The Morgan fingerprint density at radius 3 is 2.14 bits per heavy atom. The zero-order valence-electron chi connectivity index (χ0n) is 12.6. The Hall–Kier alpha value is -1.69. The van der Waals surface area contributed by atoms with Gasteiger partial charge >= 0.3 is 0 Å². The Balaban J connectivity index is 2.09. The molecule has 0 saturated heterocycles. The van der Waals surface area contributed by atoms with Crippen molar-refractivity contribution in [2.24, 2.45) is 0 Å². The molecule has 0 aromatic heterocycles. The summed E-state index contributed by atoms with van der Waals surface area (Å²) in [6.07, 6.45) is 1.25. The van der Waals surface area contributed by atoms with Crippen molar-refractivity contribution >= 4 is 9.84 Å². The first-order valence-electron chi connectivity index (χ1n) is 7.12. The Labute approximate surface area is 131 Å². The van der Waals surface area contributed by atoms with Crippen molar-refractivity contribution < 1.29 is 13.5 Å². The van der Waals surface area contributed by atoms with Crippen LogP contribution >= 0.6 is 0 Å². The lowest BCUT2D eigenvalue weighted by atomic mass is 10.1. The SMILES string of the molecule is CS(=O)(=O)CC(NCc1ccc(CO)cc1)c1ccccc1. The van der Waals surface area contributed by atoms with Crippen molar-refractivity contribution in [3.63, 3.8) is 0 Å². The maximum atomic E-state index is 11.6. The molecule has 118 valence electrons. The van der Waals surface area contributed by atoms with E-state index in [1.54, 1.807) is 0 Å². The highest BCUT2D eigenvalue weighted by molar-refractivity contribution is 7.90. The van der Waals surface area contributed by atoms with Crippen LogP contribution in [0.3, 0.4) is 0 Å². The molecular formula is C17H21NO3S. The monoisotopic (exact) mass is 319 g/mol. The average molecular weight is 319 g/mol. The predicted octanol–water partition coefficient (Wildman–Crippen LogP) is 2.05. The fraction of sp³-hybridized carbons (Fsp3) is 0.294. The molecule has 0 bridgehead atoms. The number of aliphatic hydroxyl groups is 1. The summed E-state index contributed by atoms with van der Waals surface area (Å²) in [5.74, 6) is 0.0612. The highest BCUT2D eigenvalue weighted by atomic mass is 32.2. The van der Waals surface area contributed by atoms with Crippen LogP contribution < -0.4 is 5.32 Å². The molecule has 4 nitrogen and oxygen atoms in total. The summed E-state index contributed by atoms with van der Waals surface area (Å²) < 4.78 is 23.3. The van der Waals surface area contributed by atoms with Gasteiger partial charge in [0, 0.05) is 18.8 Å². The molecule has 0 saturated carbocycles. The van der Waals surface area contributed by atoms with Crippen LogP contribution in [0.5, 0.6) is 0 Å². The van der Waals surface area contributed by atoms with E-state index in [1.807, 2.05) is 54.6 Å². The van der Waals surface area contributed by atoms with E-state index in [4.69, 9.17) is 5.11 Å². The van der Waals surface area contributed by atoms with E-state index in [-0.39, 0.29) is 18.4 Å². The highest BCUT2D eigenvalue weighted by Crippen LogP contribution is 2.16. The van der Waals surface area contributed by atoms with Gasteiger partial charge in [-0.15, -0.1) is 0 Å². The number of rotatable bonds is 7. The Morgan fingerprint density at radius 2 is 1.59 bits per heavy atom. The van der Waals surface area contributed by atoms with Crippen molar-refractivity contribution in [2.45, 2.75) is 19.2 Å². The van der Waals surface area contributed by atoms with Crippen LogP contribution in [0.4, 0.5) is 0 Å². The number of hydrogen-bond donors (Lipinski definition) is 2.